The minimum atomic E-state index is -1.31. The predicted octanol–water partition coefficient (Wildman–Crippen LogP) is 2.86. The van der Waals surface area contributed by atoms with E-state index in [0.29, 0.717) is 12.1 Å². The quantitative estimate of drug-likeness (QED) is 0.837. The van der Waals surface area contributed by atoms with Crippen molar-refractivity contribution in [3.05, 3.63) is 53.6 Å². The molecule has 3 nitrogen and oxygen atoms in total. The molecule has 1 heterocycles. The maximum atomic E-state index is 13.5. The van der Waals surface area contributed by atoms with Crippen LogP contribution in [0, 0.1) is 17.5 Å². The molecule has 0 atom stereocenters. The van der Waals surface area contributed by atoms with Gasteiger partial charge in [0.25, 0.3) is 0 Å². The van der Waals surface area contributed by atoms with Crippen LogP contribution in [0.15, 0.2) is 30.6 Å². The van der Waals surface area contributed by atoms with E-state index in [0.717, 1.165) is 12.3 Å². The monoisotopic (exact) mass is 253 g/mol. The number of rotatable bonds is 2. The average molecular weight is 253 g/mol. The highest BCUT2D eigenvalue weighted by Gasteiger charge is 2.13. The summed E-state index contributed by atoms with van der Waals surface area (Å²) in [6, 6.07) is 2.19. The van der Waals surface area contributed by atoms with Crippen LogP contribution in [0.5, 0.6) is 0 Å². The van der Waals surface area contributed by atoms with Crippen molar-refractivity contribution in [1.29, 1.82) is 0 Å². The molecule has 0 fully saturated rings. The molecule has 0 aliphatic heterocycles. The summed E-state index contributed by atoms with van der Waals surface area (Å²) in [4.78, 5) is 14.3. The largest absolute Gasteiger partial charge is 0.478 e. The van der Waals surface area contributed by atoms with Crippen LogP contribution in [0.3, 0.4) is 0 Å². The summed E-state index contributed by atoms with van der Waals surface area (Å²) in [7, 11) is 0. The number of hydrogen-bond acceptors (Lipinski definition) is 2. The lowest BCUT2D eigenvalue weighted by molar-refractivity contribution is 0.0696. The second-order valence-electron chi connectivity index (χ2n) is 3.51. The fourth-order valence-corrected chi connectivity index (χ4v) is 1.45. The zero-order chi connectivity index (χ0) is 13.3. The van der Waals surface area contributed by atoms with Crippen LogP contribution in [0.1, 0.15) is 10.4 Å². The van der Waals surface area contributed by atoms with E-state index in [2.05, 4.69) is 4.98 Å². The SMILES string of the molecule is O=C(O)c1cncc(-c2cc(F)c(F)cc2F)c1. The molecule has 1 aromatic heterocycles. The molecule has 0 saturated carbocycles. The number of nitrogens with zero attached hydrogens (tertiary/aromatic N) is 1. The van der Waals surface area contributed by atoms with Crippen molar-refractivity contribution >= 4 is 5.97 Å². The summed E-state index contributed by atoms with van der Waals surface area (Å²) in [5, 5.41) is 8.76. The summed E-state index contributed by atoms with van der Waals surface area (Å²) in [5.74, 6) is -4.75. The van der Waals surface area contributed by atoms with Crippen LogP contribution in [-0.4, -0.2) is 16.1 Å². The molecule has 0 amide bonds. The van der Waals surface area contributed by atoms with Crippen molar-refractivity contribution in [2.45, 2.75) is 0 Å². The minimum absolute atomic E-state index is 0.0614. The Hall–Kier alpha value is -2.37. The van der Waals surface area contributed by atoms with Crippen molar-refractivity contribution < 1.29 is 23.1 Å². The zero-order valence-corrected chi connectivity index (χ0v) is 8.82. The van der Waals surface area contributed by atoms with Gasteiger partial charge in [-0.3, -0.25) is 4.98 Å². The minimum Gasteiger partial charge on any atom is -0.478 e. The number of hydrogen-bond donors (Lipinski definition) is 1. The lowest BCUT2D eigenvalue weighted by Gasteiger charge is -2.05. The molecule has 2 rings (SSSR count). The fourth-order valence-electron chi connectivity index (χ4n) is 1.45. The average Bonchev–Trinajstić information content (AvgIpc) is 2.34. The number of carboxylic acid groups (broad SMARTS) is 1. The van der Waals surface area contributed by atoms with Gasteiger partial charge in [-0.25, -0.2) is 18.0 Å². The van der Waals surface area contributed by atoms with Gasteiger partial charge >= 0.3 is 5.97 Å². The molecule has 0 bridgehead atoms. The van der Waals surface area contributed by atoms with Gasteiger partial charge in [-0.1, -0.05) is 0 Å². The van der Waals surface area contributed by atoms with Crippen molar-refractivity contribution in [2.75, 3.05) is 0 Å². The van der Waals surface area contributed by atoms with Crippen LogP contribution in [0.2, 0.25) is 0 Å². The Bertz CT molecular complexity index is 629. The smallest absolute Gasteiger partial charge is 0.337 e. The van der Waals surface area contributed by atoms with E-state index in [1.54, 1.807) is 0 Å². The highest BCUT2D eigenvalue weighted by molar-refractivity contribution is 5.88. The van der Waals surface area contributed by atoms with Crippen molar-refractivity contribution in [3.8, 4) is 11.1 Å². The first-order chi connectivity index (χ1) is 8.49. The lowest BCUT2D eigenvalue weighted by Crippen LogP contribution is -1.98. The predicted molar refractivity (Wildman–Crippen MR) is 56.5 cm³/mol. The first-order valence-electron chi connectivity index (χ1n) is 4.82. The van der Waals surface area contributed by atoms with Gasteiger partial charge in [-0.15, -0.1) is 0 Å². The Kier molecular flexibility index (Phi) is 3.01. The van der Waals surface area contributed by atoms with Crippen molar-refractivity contribution in [1.82, 2.24) is 4.98 Å². The molecule has 0 saturated heterocycles. The van der Waals surface area contributed by atoms with Crippen LogP contribution in [-0.2, 0) is 0 Å². The van der Waals surface area contributed by atoms with E-state index in [1.807, 2.05) is 0 Å². The van der Waals surface area contributed by atoms with Crippen molar-refractivity contribution in [3.63, 3.8) is 0 Å². The maximum Gasteiger partial charge on any atom is 0.337 e. The van der Waals surface area contributed by atoms with E-state index in [1.165, 1.54) is 6.20 Å². The number of aromatic carboxylic acids is 1. The Morgan fingerprint density at radius 1 is 1.00 bits per heavy atom. The highest BCUT2D eigenvalue weighted by Crippen LogP contribution is 2.25. The number of aromatic nitrogens is 1. The third kappa shape index (κ3) is 2.17. The highest BCUT2D eigenvalue weighted by atomic mass is 19.2. The Balaban J connectivity index is 2.58. The van der Waals surface area contributed by atoms with Gasteiger partial charge in [-0.05, 0) is 12.1 Å². The number of pyridine rings is 1. The molecule has 0 unspecified atom stereocenters. The molecule has 18 heavy (non-hydrogen) atoms. The van der Waals surface area contributed by atoms with Gasteiger partial charge in [0.2, 0.25) is 0 Å². The van der Waals surface area contributed by atoms with Gasteiger partial charge in [-0.2, -0.15) is 0 Å². The Morgan fingerprint density at radius 2 is 1.67 bits per heavy atom. The molecule has 1 N–H and O–H groups in total. The summed E-state index contributed by atoms with van der Waals surface area (Å²) in [5.41, 5.74) is -0.354. The molecule has 6 heteroatoms. The van der Waals surface area contributed by atoms with E-state index in [4.69, 9.17) is 5.11 Å². The molecule has 0 aliphatic carbocycles. The fraction of sp³-hybridized carbons (Fsp3) is 0. The molecule has 0 radical (unpaired) electrons. The molecular formula is C12H6F3NO2. The third-order valence-electron chi connectivity index (χ3n) is 2.31. The third-order valence-corrected chi connectivity index (χ3v) is 2.31. The normalized spacial score (nSPS) is 10.4. The molecule has 0 spiro atoms. The van der Waals surface area contributed by atoms with Gasteiger partial charge in [0, 0.05) is 29.6 Å². The maximum absolute atomic E-state index is 13.5. The number of benzene rings is 1. The van der Waals surface area contributed by atoms with Crippen LogP contribution < -0.4 is 0 Å². The number of halogens is 3. The van der Waals surface area contributed by atoms with Gasteiger partial charge in [0.15, 0.2) is 11.6 Å². The number of carbonyl (C=O) groups is 1. The van der Waals surface area contributed by atoms with Crippen LogP contribution >= 0.6 is 0 Å². The second-order valence-corrected chi connectivity index (χ2v) is 3.51. The molecule has 1 aromatic carbocycles. The zero-order valence-electron chi connectivity index (χ0n) is 8.82. The Morgan fingerprint density at radius 3 is 2.33 bits per heavy atom. The summed E-state index contributed by atoms with van der Waals surface area (Å²) >= 11 is 0. The van der Waals surface area contributed by atoms with Gasteiger partial charge in [0.05, 0.1) is 5.56 Å². The molecular weight excluding hydrogens is 247 g/mol. The van der Waals surface area contributed by atoms with Gasteiger partial charge in [0.1, 0.15) is 5.82 Å². The summed E-state index contributed by atoms with van der Waals surface area (Å²) in [6.07, 6.45) is 2.24. The Labute approximate surface area is 99.5 Å². The van der Waals surface area contributed by atoms with Gasteiger partial charge < -0.3 is 5.11 Å². The lowest BCUT2D eigenvalue weighted by atomic mass is 10.1. The summed E-state index contributed by atoms with van der Waals surface area (Å²) < 4.78 is 39.3. The standard InChI is InChI=1S/C12H6F3NO2/c13-9-3-11(15)10(14)2-8(9)6-1-7(12(17)18)5-16-4-6/h1-5H,(H,17,18). The first-order valence-corrected chi connectivity index (χ1v) is 4.82. The van der Waals surface area contributed by atoms with Crippen LogP contribution in [0.25, 0.3) is 11.1 Å². The van der Waals surface area contributed by atoms with Crippen molar-refractivity contribution in [2.24, 2.45) is 0 Å². The first kappa shape index (κ1) is 12.1. The topological polar surface area (TPSA) is 50.2 Å². The van der Waals surface area contributed by atoms with E-state index >= 15 is 0 Å². The second kappa shape index (κ2) is 4.48. The van der Waals surface area contributed by atoms with E-state index in [9.17, 15) is 18.0 Å². The molecule has 92 valence electrons. The number of carboxylic acids is 1. The summed E-state index contributed by atoms with van der Waals surface area (Å²) in [6.45, 7) is 0. The van der Waals surface area contributed by atoms with Crippen LogP contribution in [0.4, 0.5) is 13.2 Å². The molecule has 0 aliphatic rings. The van der Waals surface area contributed by atoms with E-state index < -0.39 is 23.4 Å². The van der Waals surface area contributed by atoms with E-state index in [-0.39, 0.29) is 16.7 Å². The molecule has 2 aromatic rings.